The number of carbonyl (C=O) groups excluding carboxylic acids is 2. The van der Waals surface area contributed by atoms with E-state index in [1.165, 1.54) is 11.3 Å². The molecule has 1 aromatic rings. The molecule has 1 aromatic heterocycles. The predicted octanol–water partition coefficient (Wildman–Crippen LogP) is 2.41. The molecule has 130 valence electrons. The van der Waals surface area contributed by atoms with Crippen molar-refractivity contribution in [1.29, 1.82) is 0 Å². The third-order valence-electron chi connectivity index (χ3n) is 3.47. The fourth-order valence-corrected chi connectivity index (χ4v) is 3.14. The first kappa shape index (κ1) is 19.7. The van der Waals surface area contributed by atoms with Gasteiger partial charge in [-0.1, -0.05) is 26.7 Å². The van der Waals surface area contributed by atoms with Gasteiger partial charge in [-0.3, -0.25) is 10.2 Å². The maximum Gasteiger partial charge on any atom is 0.221 e. The predicted molar refractivity (Wildman–Crippen MR) is 91.1 cm³/mol. The highest BCUT2D eigenvalue weighted by atomic mass is 32.1. The van der Waals surface area contributed by atoms with Gasteiger partial charge in [-0.05, 0) is 18.8 Å². The number of rotatable bonds is 14. The Morgan fingerprint density at radius 1 is 1.26 bits per heavy atom. The molecular formula is C16H27N3O3S. The van der Waals surface area contributed by atoms with Gasteiger partial charge in [-0.25, -0.2) is 10.4 Å². The zero-order valence-electron chi connectivity index (χ0n) is 13.9. The first-order valence-electron chi connectivity index (χ1n) is 8.08. The van der Waals surface area contributed by atoms with Crippen molar-refractivity contribution < 1.29 is 14.3 Å². The quantitative estimate of drug-likeness (QED) is 0.309. The molecule has 0 saturated carbocycles. The Hall–Kier alpha value is -1.31. The molecule has 23 heavy (non-hydrogen) atoms. The van der Waals surface area contributed by atoms with Gasteiger partial charge in [-0.2, -0.15) is 0 Å². The molecule has 0 aliphatic heterocycles. The molecule has 7 heteroatoms. The third kappa shape index (κ3) is 8.20. The summed E-state index contributed by atoms with van der Waals surface area (Å²) in [5.74, 6) is 0.153. The number of hydrogen-bond donors (Lipinski definition) is 2. The normalized spacial score (nSPS) is 12.3. The minimum Gasteiger partial charge on any atom is -0.375 e. The second kappa shape index (κ2) is 12.2. The Bertz CT molecular complexity index is 452. The summed E-state index contributed by atoms with van der Waals surface area (Å²) in [4.78, 5) is 25.6. The van der Waals surface area contributed by atoms with Crippen molar-refractivity contribution in [3.63, 3.8) is 0 Å². The number of nitrogens with zero attached hydrogens (tertiary/aromatic N) is 1. The van der Waals surface area contributed by atoms with Gasteiger partial charge in [0.2, 0.25) is 6.41 Å². The highest BCUT2D eigenvalue weighted by Crippen LogP contribution is 2.25. The monoisotopic (exact) mass is 341 g/mol. The van der Waals surface area contributed by atoms with E-state index < -0.39 is 0 Å². The van der Waals surface area contributed by atoms with Crippen LogP contribution in [-0.2, 0) is 20.9 Å². The van der Waals surface area contributed by atoms with Crippen LogP contribution in [0.2, 0.25) is 0 Å². The molecule has 0 aliphatic rings. The SMILES string of the molecule is CC(C)[C@@H](C=O)c1nc(COCCCCCCNNC=O)cs1. The van der Waals surface area contributed by atoms with E-state index in [9.17, 15) is 9.59 Å². The summed E-state index contributed by atoms with van der Waals surface area (Å²) in [6, 6.07) is 0. The lowest BCUT2D eigenvalue weighted by atomic mass is 9.98. The molecule has 0 spiro atoms. The van der Waals surface area contributed by atoms with Crippen molar-refractivity contribution >= 4 is 24.0 Å². The number of amides is 1. The molecule has 0 aromatic carbocycles. The van der Waals surface area contributed by atoms with Crippen LogP contribution in [0.3, 0.4) is 0 Å². The van der Waals surface area contributed by atoms with E-state index in [0.717, 1.165) is 49.2 Å². The highest BCUT2D eigenvalue weighted by Gasteiger charge is 2.18. The van der Waals surface area contributed by atoms with Gasteiger partial charge in [0.15, 0.2) is 0 Å². The molecule has 1 heterocycles. The molecule has 6 nitrogen and oxygen atoms in total. The fourth-order valence-electron chi connectivity index (χ4n) is 2.10. The maximum absolute atomic E-state index is 11.1. The van der Waals surface area contributed by atoms with E-state index in [1.54, 1.807) is 0 Å². The molecule has 0 aliphatic carbocycles. The molecule has 1 rings (SSSR count). The van der Waals surface area contributed by atoms with Crippen LogP contribution in [0.1, 0.15) is 56.2 Å². The molecule has 1 amide bonds. The van der Waals surface area contributed by atoms with E-state index in [0.29, 0.717) is 19.6 Å². The fraction of sp³-hybridized carbons (Fsp3) is 0.688. The summed E-state index contributed by atoms with van der Waals surface area (Å²) in [7, 11) is 0. The molecule has 2 N–H and O–H groups in total. The Morgan fingerprint density at radius 3 is 2.74 bits per heavy atom. The first-order valence-corrected chi connectivity index (χ1v) is 8.96. The number of aldehydes is 1. The number of aromatic nitrogens is 1. The van der Waals surface area contributed by atoms with Crippen LogP contribution in [0.25, 0.3) is 0 Å². The van der Waals surface area contributed by atoms with Crippen LogP contribution in [-0.4, -0.2) is 30.8 Å². The van der Waals surface area contributed by atoms with E-state index in [1.807, 2.05) is 19.2 Å². The van der Waals surface area contributed by atoms with Gasteiger partial charge < -0.3 is 9.53 Å². The van der Waals surface area contributed by atoms with Crippen LogP contribution in [0.5, 0.6) is 0 Å². The molecule has 0 unspecified atom stereocenters. The zero-order valence-corrected chi connectivity index (χ0v) is 14.7. The summed E-state index contributed by atoms with van der Waals surface area (Å²) < 4.78 is 5.63. The van der Waals surface area contributed by atoms with Crippen molar-refractivity contribution in [2.45, 2.75) is 52.1 Å². The number of hydrazine groups is 1. The van der Waals surface area contributed by atoms with Crippen LogP contribution >= 0.6 is 11.3 Å². The van der Waals surface area contributed by atoms with Crippen LogP contribution in [0.15, 0.2) is 5.38 Å². The largest absolute Gasteiger partial charge is 0.375 e. The van der Waals surface area contributed by atoms with Gasteiger partial charge in [-0.15, -0.1) is 11.3 Å². The number of ether oxygens (including phenoxy) is 1. The van der Waals surface area contributed by atoms with E-state index in [2.05, 4.69) is 15.8 Å². The Kier molecular flexibility index (Phi) is 10.4. The van der Waals surface area contributed by atoms with E-state index in [-0.39, 0.29) is 11.8 Å². The summed E-state index contributed by atoms with van der Waals surface area (Å²) in [5, 5.41) is 2.85. The molecule has 0 radical (unpaired) electrons. The third-order valence-corrected chi connectivity index (χ3v) is 4.47. The highest BCUT2D eigenvalue weighted by molar-refractivity contribution is 7.09. The second-order valence-corrected chi connectivity index (χ2v) is 6.63. The minimum absolute atomic E-state index is 0.115. The van der Waals surface area contributed by atoms with E-state index >= 15 is 0 Å². The second-order valence-electron chi connectivity index (χ2n) is 5.74. The lowest BCUT2D eigenvalue weighted by Crippen LogP contribution is -2.30. The first-order chi connectivity index (χ1) is 11.2. The van der Waals surface area contributed by atoms with E-state index in [4.69, 9.17) is 4.74 Å². The number of unbranched alkanes of at least 4 members (excludes halogenated alkanes) is 3. The molecular weight excluding hydrogens is 314 g/mol. The number of hydrogen-bond acceptors (Lipinski definition) is 6. The topological polar surface area (TPSA) is 80.3 Å². The average molecular weight is 341 g/mol. The van der Waals surface area contributed by atoms with Crippen molar-refractivity contribution in [2.24, 2.45) is 5.92 Å². The van der Waals surface area contributed by atoms with Gasteiger partial charge in [0, 0.05) is 18.5 Å². The lowest BCUT2D eigenvalue weighted by molar-refractivity contribution is -0.110. The summed E-state index contributed by atoms with van der Waals surface area (Å²) >= 11 is 1.53. The van der Waals surface area contributed by atoms with Crippen molar-refractivity contribution in [1.82, 2.24) is 15.8 Å². The van der Waals surface area contributed by atoms with Crippen LogP contribution < -0.4 is 10.9 Å². The van der Waals surface area contributed by atoms with Gasteiger partial charge in [0.05, 0.1) is 18.2 Å². The molecule has 0 saturated heterocycles. The van der Waals surface area contributed by atoms with Gasteiger partial charge in [0.1, 0.15) is 11.3 Å². The summed E-state index contributed by atoms with van der Waals surface area (Å²) in [5.41, 5.74) is 6.12. The van der Waals surface area contributed by atoms with Crippen LogP contribution in [0, 0.1) is 5.92 Å². The Labute approximate surface area is 142 Å². The smallest absolute Gasteiger partial charge is 0.221 e. The molecule has 0 bridgehead atoms. The Balaban J connectivity index is 2.09. The standard InChI is InChI=1S/C16H27N3O3S/c1-13(2)15(9-20)16-19-14(11-23-16)10-22-8-6-4-3-5-7-17-18-12-21/h9,11-13,15,17H,3-8,10H2,1-2H3,(H,18,21)/t15-/m1/s1. The maximum atomic E-state index is 11.1. The van der Waals surface area contributed by atoms with Crippen molar-refractivity contribution in [3.8, 4) is 0 Å². The number of carbonyl (C=O) groups is 2. The van der Waals surface area contributed by atoms with Gasteiger partial charge in [0.25, 0.3) is 0 Å². The molecule has 0 fully saturated rings. The van der Waals surface area contributed by atoms with Gasteiger partial charge >= 0.3 is 0 Å². The number of thiazole rings is 1. The summed E-state index contributed by atoms with van der Waals surface area (Å²) in [6.07, 6.45) is 5.86. The van der Waals surface area contributed by atoms with Crippen molar-refractivity contribution in [3.05, 3.63) is 16.1 Å². The Morgan fingerprint density at radius 2 is 2.04 bits per heavy atom. The van der Waals surface area contributed by atoms with Crippen molar-refractivity contribution in [2.75, 3.05) is 13.2 Å². The zero-order chi connectivity index (χ0) is 16.9. The number of nitrogens with one attached hydrogen (secondary N) is 2. The summed E-state index contributed by atoms with van der Waals surface area (Å²) in [6.45, 7) is 6.07. The minimum atomic E-state index is -0.115. The molecule has 1 atom stereocenters. The average Bonchev–Trinajstić information content (AvgIpc) is 2.98. The van der Waals surface area contributed by atoms with Crippen LogP contribution in [0.4, 0.5) is 0 Å². The lowest BCUT2D eigenvalue weighted by Gasteiger charge is -2.10.